The number of nitrogens with zero attached hydrogens (tertiary/aromatic N) is 3. The van der Waals surface area contributed by atoms with Gasteiger partial charge >= 0.3 is 0 Å². The zero-order valence-corrected chi connectivity index (χ0v) is 17.5. The number of hydrogen-bond acceptors (Lipinski definition) is 5. The Kier molecular flexibility index (Phi) is 5.08. The number of thioether (sulfide) groups is 1. The van der Waals surface area contributed by atoms with E-state index in [0.717, 1.165) is 35.2 Å². The van der Waals surface area contributed by atoms with Gasteiger partial charge in [0.15, 0.2) is 5.78 Å². The summed E-state index contributed by atoms with van der Waals surface area (Å²) in [4.78, 5) is 17.5. The van der Waals surface area contributed by atoms with Crippen molar-refractivity contribution in [1.29, 1.82) is 0 Å². The van der Waals surface area contributed by atoms with Crippen LogP contribution in [0.5, 0.6) is 0 Å². The molecular weight excluding hydrogens is 423 g/mol. The molecule has 0 radical (unpaired) electrons. The number of aromatic nitrogens is 3. The molecule has 2 aromatic carbocycles. The van der Waals surface area contributed by atoms with Crippen LogP contribution in [-0.2, 0) is 10.5 Å². The summed E-state index contributed by atoms with van der Waals surface area (Å²) in [6, 6.07) is 13.5. The summed E-state index contributed by atoms with van der Waals surface area (Å²) in [6.07, 6.45) is 2.14. The summed E-state index contributed by atoms with van der Waals surface area (Å²) in [5.74, 6) is 1.09. The Balaban J connectivity index is 1.51. The van der Waals surface area contributed by atoms with E-state index in [9.17, 15) is 9.18 Å². The molecule has 5 rings (SSSR count). The van der Waals surface area contributed by atoms with E-state index in [4.69, 9.17) is 16.7 Å². The lowest BCUT2D eigenvalue weighted by molar-refractivity contribution is -0.116. The predicted molar refractivity (Wildman–Crippen MR) is 115 cm³/mol. The van der Waals surface area contributed by atoms with E-state index >= 15 is 0 Å². The molecule has 0 saturated heterocycles. The highest BCUT2D eigenvalue weighted by Crippen LogP contribution is 2.42. The van der Waals surface area contributed by atoms with E-state index in [1.807, 2.05) is 24.3 Å². The SMILES string of the molecule is O=C1CCCC2=C1[C@H](c1ccccc1Cl)n1nc(SCc3ccc(F)cc3)nc1N2. The van der Waals surface area contributed by atoms with E-state index in [1.54, 1.807) is 16.8 Å². The van der Waals surface area contributed by atoms with Crippen LogP contribution in [0.15, 0.2) is 65.0 Å². The second-order valence-corrected chi connectivity index (χ2v) is 8.65. The van der Waals surface area contributed by atoms with E-state index in [1.165, 1.54) is 23.9 Å². The monoisotopic (exact) mass is 440 g/mol. The van der Waals surface area contributed by atoms with Crippen LogP contribution in [0.3, 0.4) is 0 Å². The minimum absolute atomic E-state index is 0.121. The third-order valence-corrected chi connectivity index (χ3v) is 6.58. The lowest BCUT2D eigenvalue weighted by atomic mass is 9.85. The minimum Gasteiger partial charge on any atom is -0.328 e. The van der Waals surface area contributed by atoms with Crippen molar-refractivity contribution in [2.24, 2.45) is 0 Å². The molecule has 1 aliphatic heterocycles. The number of Topliss-reactive ketones (excluding diaryl/α,β-unsaturated/α-hetero) is 1. The fraction of sp³-hybridized carbons (Fsp3) is 0.227. The molecule has 0 bridgehead atoms. The third kappa shape index (κ3) is 3.52. The maximum absolute atomic E-state index is 13.1. The maximum atomic E-state index is 13.1. The lowest BCUT2D eigenvalue weighted by Crippen LogP contribution is -2.31. The Labute approximate surface area is 182 Å². The minimum atomic E-state index is -0.398. The number of rotatable bonds is 4. The zero-order chi connectivity index (χ0) is 20.7. The number of allylic oxidation sites excluding steroid dienone is 2. The molecular formula is C22H18ClFN4OS. The number of hydrogen-bond donors (Lipinski definition) is 1. The van der Waals surface area contributed by atoms with E-state index in [-0.39, 0.29) is 11.6 Å². The number of carbonyl (C=O) groups is 1. The molecule has 30 heavy (non-hydrogen) atoms. The Morgan fingerprint density at radius 3 is 2.77 bits per heavy atom. The van der Waals surface area contributed by atoms with E-state index < -0.39 is 6.04 Å². The van der Waals surface area contributed by atoms with Crippen molar-refractivity contribution in [2.75, 3.05) is 5.32 Å². The van der Waals surface area contributed by atoms with Crippen LogP contribution < -0.4 is 5.32 Å². The fourth-order valence-electron chi connectivity index (χ4n) is 3.91. The van der Waals surface area contributed by atoms with Crippen molar-refractivity contribution in [3.63, 3.8) is 0 Å². The Bertz CT molecular complexity index is 1160. The smallest absolute Gasteiger partial charge is 0.227 e. The first-order chi connectivity index (χ1) is 14.6. The van der Waals surface area contributed by atoms with Gasteiger partial charge in [-0.3, -0.25) is 4.79 Å². The van der Waals surface area contributed by atoms with Crippen molar-refractivity contribution >= 4 is 35.1 Å². The van der Waals surface area contributed by atoms with Crippen molar-refractivity contribution < 1.29 is 9.18 Å². The van der Waals surface area contributed by atoms with Crippen molar-refractivity contribution in [3.8, 4) is 0 Å². The van der Waals surface area contributed by atoms with Gasteiger partial charge in [0.1, 0.15) is 11.9 Å². The molecule has 152 valence electrons. The van der Waals surface area contributed by atoms with Gasteiger partial charge in [0.2, 0.25) is 11.1 Å². The molecule has 3 aromatic rings. The fourth-order valence-corrected chi connectivity index (χ4v) is 4.93. The van der Waals surface area contributed by atoms with Crippen LogP contribution in [0.25, 0.3) is 0 Å². The van der Waals surface area contributed by atoms with E-state index in [2.05, 4.69) is 10.3 Å². The zero-order valence-electron chi connectivity index (χ0n) is 15.9. The van der Waals surface area contributed by atoms with Crippen LogP contribution in [0.2, 0.25) is 5.02 Å². The number of halogens is 2. The number of fused-ring (bicyclic) bond motifs is 1. The first-order valence-electron chi connectivity index (χ1n) is 9.71. The summed E-state index contributed by atoms with van der Waals surface area (Å²) in [7, 11) is 0. The van der Waals surface area contributed by atoms with Gasteiger partial charge in [-0.15, -0.1) is 5.10 Å². The number of anilines is 1. The van der Waals surface area contributed by atoms with Gasteiger partial charge in [-0.1, -0.05) is 53.7 Å². The summed E-state index contributed by atoms with van der Waals surface area (Å²) in [5, 5.41) is 9.19. The summed E-state index contributed by atoms with van der Waals surface area (Å²) >= 11 is 7.98. The second-order valence-electron chi connectivity index (χ2n) is 7.30. The van der Waals surface area contributed by atoms with Crippen LogP contribution in [0.4, 0.5) is 10.3 Å². The molecule has 8 heteroatoms. The van der Waals surface area contributed by atoms with Gasteiger partial charge in [-0.25, -0.2) is 9.07 Å². The molecule has 0 saturated carbocycles. The molecule has 1 aliphatic carbocycles. The maximum Gasteiger partial charge on any atom is 0.227 e. The molecule has 0 unspecified atom stereocenters. The Morgan fingerprint density at radius 2 is 1.97 bits per heavy atom. The molecule has 1 N–H and O–H groups in total. The largest absolute Gasteiger partial charge is 0.328 e. The molecule has 1 atom stereocenters. The van der Waals surface area contributed by atoms with Gasteiger partial charge in [-0.2, -0.15) is 4.98 Å². The van der Waals surface area contributed by atoms with Gasteiger partial charge in [0.05, 0.1) is 0 Å². The van der Waals surface area contributed by atoms with Gasteiger partial charge in [0, 0.05) is 34.0 Å². The van der Waals surface area contributed by atoms with Crippen LogP contribution in [0.1, 0.15) is 36.4 Å². The van der Waals surface area contributed by atoms with E-state index in [0.29, 0.717) is 28.3 Å². The first-order valence-corrected chi connectivity index (χ1v) is 11.1. The number of carbonyl (C=O) groups excluding carboxylic acids is 1. The highest BCUT2D eigenvalue weighted by atomic mass is 35.5. The Hall–Kier alpha value is -2.64. The Morgan fingerprint density at radius 1 is 1.17 bits per heavy atom. The quantitative estimate of drug-likeness (QED) is 0.551. The predicted octanol–water partition coefficient (Wildman–Crippen LogP) is 5.38. The van der Waals surface area contributed by atoms with Crippen molar-refractivity contribution in [3.05, 3.63) is 81.8 Å². The molecule has 0 amide bonds. The second kappa shape index (κ2) is 7.89. The highest BCUT2D eigenvalue weighted by Gasteiger charge is 2.37. The van der Waals surface area contributed by atoms with Crippen LogP contribution in [-0.4, -0.2) is 20.5 Å². The molecule has 0 spiro atoms. The summed E-state index contributed by atoms with van der Waals surface area (Å²) in [6.45, 7) is 0. The molecule has 2 aliphatic rings. The summed E-state index contributed by atoms with van der Waals surface area (Å²) in [5.41, 5.74) is 3.45. The topological polar surface area (TPSA) is 59.8 Å². The number of nitrogens with one attached hydrogen (secondary N) is 1. The standard InChI is InChI=1S/C22H18ClFN4OS/c23-16-5-2-1-4-15(16)20-19-17(6-3-7-18(19)29)25-21-26-22(27-28(20)21)30-12-13-8-10-14(24)11-9-13/h1-2,4-5,8-11,20H,3,6-7,12H2,(H,25,26,27)/t20-/m0/s1. The van der Waals surface area contributed by atoms with Gasteiger partial charge in [0.25, 0.3) is 0 Å². The van der Waals surface area contributed by atoms with Crippen LogP contribution >= 0.6 is 23.4 Å². The summed E-state index contributed by atoms with van der Waals surface area (Å²) < 4.78 is 14.9. The average Bonchev–Trinajstić information content (AvgIpc) is 3.15. The van der Waals surface area contributed by atoms with Gasteiger partial charge < -0.3 is 5.32 Å². The molecule has 1 aromatic heterocycles. The molecule has 0 fully saturated rings. The van der Waals surface area contributed by atoms with Crippen LogP contribution in [0, 0.1) is 5.82 Å². The normalized spacial score (nSPS) is 18.1. The third-order valence-electron chi connectivity index (χ3n) is 5.33. The number of ketones is 1. The first kappa shape index (κ1) is 19.3. The molecule has 2 heterocycles. The lowest BCUT2D eigenvalue weighted by Gasteiger charge is -2.32. The van der Waals surface area contributed by atoms with Crippen molar-refractivity contribution in [2.45, 2.75) is 36.2 Å². The van der Waals surface area contributed by atoms with Gasteiger partial charge in [-0.05, 0) is 36.6 Å². The van der Waals surface area contributed by atoms with Crippen molar-refractivity contribution in [1.82, 2.24) is 14.8 Å². The highest BCUT2D eigenvalue weighted by molar-refractivity contribution is 7.98. The molecule has 5 nitrogen and oxygen atoms in total. The average molecular weight is 441 g/mol. The number of benzene rings is 2.